The van der Waals surface area contributed by atoms with Crippen LogP contribution < -0.4 is 32.6 Å². The maximum atomic E-state index is 11.9. The first-order chi connectivity index (χ1) is 10.7. The molecule has 0 aliphatic rings. The minimum atomic E-state index is -0.680. The molecule has 0 heterocycles. The van der Waals surface area contributed by atoms with Gasteiger partial charge in [0.25, 0.3) is 0 Å². The monoisotopic (exact) mass is 300 g/mol. The van der Waals surface area contributed by atoms with Crippen molar-refractivity contribution >= 4 is 23.4 Å². The van der Waals surface area contributed by atoms with Gasteiger partial charge >= 0.3 is 12.1 Å². The standard InChI is InChI=1S/C14H16N6O2/c15-16-14(22)20(12-9-5-2-6-10-12)19-13(21)18-17-11-7-3-1-4-8-11/h1-10,17H,15H2,(H,16,22)(H2,18,19,21). The van der Waals surface area contributed by atoms with Crippen molar-refractivity contribution in [3.63, 3.8) is 0 Å². The predicted octanol–water partition coefficient (Wildman–Crippen LogP) is 1.32. The van der Waals surface area contributed by atoms with Gasteiger partial charge in [-0.2, -0.15) is 0 Å². The first kappa shape index (κ1) is 15.1. The van der Waals surface area contributed by atoms with E-state index in [1.807, 2.05) is 23.6 Å². The summed E-state index contributed by atoms with van der Waals surface area (Å²) in [5.74, 6) is 5.12. The quantitative estimate of drug-likeness (QED) is 0.334. The predicted molar refractivity (Wildman–Crippen MR) is 83.4 cm³/mol. The number of para-hydroxylation sites is 2. The summed E-state index contributed by atoms with van der Waals surface area (Å²) in [6.45, 7) is 0. The topological polar surface area (TPSA) is 112 Å². The van der Waals surface area contributed by atoms with Crippen molar-refractivity contribution < 1.29 is 9.59 Å². The highest BCUT2D eigenvalue weighted by molar-refractivity contribution is 5.94. The Balaban J connectivity index is 1.98. The van der Waals surface area contributed by atoms with Gasteiger partial charge in [-0.15, -0.1) is 0 Å². The van der Waals surface area contributed by atoms with Crippen molar-refractivity contribution in [2.24, 2.45) is 5.84 Å². The van der Waals surface area contributed by atoms with E-state index in [1.54, 1.807) is 42.5 Å². The highest BCUT2D eigenvalue weighted by atomic mass is 16.2. The number of nitrogens with zero attached hydrogens (tertiary/aromatic N) is 1. The number of nitrogens with two attached hydrogens (primary N) is 1. The lowest BCUT2D eigenvalue weighted by Gasteiger charge is -2.22. The van der Waals surface area contributed by atoms with Crippen LogP contribution in [-0.4, -0.2) is 12.1 Å². The van der Waals surface area contributed by atoms with Gasteiger partial charge in [-0.25, -0.2) is 25.9 Å². The third kappa shape index (κ3) is 4.12. The maximum Gasteiger partial charge on any atom is 0.355 e. The number of nitrogens with one attached hydrogen (secondary N) is 4. The smallest absolute Gasteiger partial charge is 0.297 e. The Morgan fingerprint density at radius 2 is 1.50 bits per heavy atom. The maximum absolute atomic E-state index is 11.9. The summed E-state index contributed by atoms with van der Waals surface area (Å²) < 4.78 is 0. The summed E-state index contributed by atoms with van der Waals surface area (Å²) in [7, 11) is 0. The van der Waals surface area contributed by atoms with E-state index in [9.17, 15) is 9.59 Å². The highest BCUT2D eigenvalue weighted by Gasteiger charge is 2.16. The number of carbonyl (C=O) groups is 2. The average Bonchev–Trinajstić information content (AvgIpc) is 2.59. The van der Waals surface area contributed by atoms with Gasteiger partial charge in [0.1, 0.15) is 0 Å². The summed E-state index contributed by atoms with van der Waals surface area (Å²) >= 11 is 0. The van der Waals surface area contributed by atoms with Gasteiger partial charge in [-0.1, -0.05) is 36.4 Å². The zero-order valence-corrected chi connectivity index (χ0v) is 11.6. The van der Waals surface area contributed by atoms with Crippen LogP contribution in [0.25, 0.3) is 0 Å². The molecule has 0 saturated carbocycles. The zero-order chi connectivity index (χ0) is 15.8. The lowest BCUT2D eigenvalue weighted by atomic mass is 10.3. The van der Waals surface area contributed by atoms with Crippen LogP contribution >= 0.6 is 0 Å². The summed E-state index contributed by atoms with van der Waals surface area (Å²) in [5.41, 5.74) is 10.6. The summed E-state index contributed by atoms with van der Waals surface area (Å²) in [6.07, 6.45) is 0. The van der Waals surface area contributed by atoms with E-state index in [4.69, 9.17) is 5.84 Å². The Kier molecular flexibility index (Phi) is 5.16. The molecule has 4 amide bonds. The van der Waals surface area contributed by atoms with E-state index in [1.165, 1.54) is 0 Å². The van der Waals surface area contributed by atoms with Gasteiger partial charge in [0.05, 0.1) is 11.4 Å². The number of benzene rings is 2. The fourth-order valence-electron chi connectivity index (χ4n) is 1.65. The van der Waals surface area contributed by atoms with E-state index < -0.39 is 12.1 Å². The van der Waals surface area contributed by atoms with Gasteiger partial charge in [0.15, 0.2) is 0 Å². The lowest BCUT2D eigenvalue weighted by Crippen LogP contribution is -2.56. The molecule has 0 fully saturated rings. The number of urea groups is 2. The molecule has 0 unspecified atom stereocenters. The summed E-state index contributed by atoms with van der Waals surface area (Å²) in [6, 6.07) is 16.3. The normalized spacial score (nSPS) is 9.50. The molecule has 0 spiro atoms. The molecule has 6 N–H and O–H groups in total. The van der Waals surface area contributed by atoms with Crippen LogP contribution in [0, 0.1) is 0 Å². The third-order valence-corrected chi connectivity index (χ3v) is 2.65. The van der Waals surface area contributed by atoms with Crippen LogP contribution in [0.1, 0.15) is 0 Å². The minimum Gasteiger partial charge on any atom is -0.297 e. The molecule has 2 aromatic carbocycles. The zero-order valence-electron chi connectivity index (χ0n) is 11.6. The molecule has 8 nitrogen and oxygen atoms in total. The fraction of sp³-hybridized carbons (Fsp3) is 0. The average molecular weight is 300 g/mol. The molecule has 2 rings (SSSR count). The molecule has 0 saturated heterocycles. The number of hydrogen-bond acceptors (Lipinski definition) is 4. The van der Waals surface area contributed by atoms with Crippen molar-refractivity contribution in [3.05, 3.63) is 60.7 Å². The minimum absolute atomic E-state index is 0.459. The molecular formula is C14H16N6O2. The molecule has 0 aliphatic carbocycles. The van der Waals surface area contributed by atoms with Gasteiger partial charge < -0.3 is 0 Å². The molecule has 0 radical (unpaired) electrons. The van der Waals surface area contributed by atoms with Crippen LogP contribution in [0.15, 0.2) is 60.7 Å². The van der Waals surface area contributed by atoms with E-state index in [-0.39, 0.29) is 0 Å². The SMILES string of the molecule is NNC(=O)N(NC(=O)NNc1ccccc1)c1ccccc1. The summed E-state index contributed by atoms with van der Waals surface area (Å²) in [5, 5.41) is 0.988. The second-order valence-electron chi connectivity index (χ2n) is 4.18. The van der Waals surface area contributed by atoms with Crippen LogP contribution in [0.5, 0.6) is 0 Å². The number of hydrazine groups is 3. The van der Waals surface area contributed by atoms with Crippen LogP contribution in [-0.2, 0) is 0 Å². The van der Waals surface area contributed by atoms with Crippen molar-refractivity contribution in [2.75, 3.05) is 10.4 Å². The van der Waals surface area contributed by atoms with Gasteiger partial charge in [0, 0.05) is 0 Å². The van der Waals surface area contributed by atoms with Crippen molar-refractivity contribution in [1.82, 2.24) is 16.3 Å². The van der Waals surface area contributed by atoms with Crippen molar-refractivity contribution in [1.29, 1.82) is 0 Å². The first-order valence-corrected chi connectivity index (χ1v) is 6.44. The van der Waals surface area contributed by atoms with E-state index >= 15 is 0 Å². The van der Waals surface area contributed by atoms with Crippen molar-refractivity contribution in [3.8, 4) is 0 Å². The molecular weight excluding hydrogens is 284 g/mol. The number of carbonyl (C=O) groups excluding carboxylic acids is 2. The van der Waals surface area contributed by atoms with E-state index in [0.717, 1.165) is 5.01 Å². The number of hydrogen-bond donors (Lipinski definition) is 5. The molecule has 22 heavy (non-hydrogen) atoms. The largest absolute Gasteiger partial charge is 0.355 e. The van der Waals surface area contributed by atoms with Crippen molar-refractivity contribution in [2.45, 2.75) is 0 Å². The van der Waals surface area contributed by atoms with Crippen LogP contribution in [0.4, 0.5) is 21.0 Å². The molecule has 114 valence electrons. The van der Waals surface area contributed by atoms with Gasteiger partial charge in [-0.3, -0.25) is 16.3 Å². The Hall–Kier alpha value is -3.26. The van der Waals surface area contributed by atoms with Crippen LogP contribution in [0.3, 0.4) is 0 Å². The molecule has 0 aromatic heterocycles. The second kappa shape index (κ2) is 7.50. The lowest BCUT2D eigenvalue weighted by molar-refractivity contribution is 0.232. The number of rotatable bonds is 3. The van der Waals surface area contributed by atoms with Crippen LogP contribution in [0.2, 0.25) is 0 Å². The fourth-order valence-corrected chi connectivity index (χ4v) is 1.65. The van der Waals surface area contributed by atoms with Gasteiger partial charge in [0.2, 0.25) is 0 Å². The molecule has 8 heteroatoms. The Labute approximate surface area is 127 Å². The Morgan fingerprint density at radius 1 is 0.909 bits per heavy atom. The third-order valence-electron chi connectivity index (χ3n) is 2.65. The summed E-state index contributed by atoms with van der Waals surface area (Å²) in [4.78, 5) is 23.6. The molecule has 0 aliphatic heterocycles. The number of amides is 4. The molecule has 2 aromatic rings. The molecule has 0 atom stereocenters. The molecule has 0 bridgehead atoms. The first-order valence-electron chi connectivity index (χ1n) is 6.44. The Bertz CT molecular complexity index is 620. The van der Waals surface area contributed by atoms with E-state index in [0.29, 0.717) is 11.4 Å². The van der Waals surface area contributed by atoms with Gasteiger partial charge in [-0.05, 0) is 24.3 Å². The second-order valence-corrected chi connectivity index (χ2v) is 4.18. The highest BCUT2D eigenvalue weighted by Crippen LogP contribution is 2.10. The van der Waals surface area contributed by atoms with E-state index in [2.05, 4.69) is 16.3 Å². The number of anilines is 2. The Morgan fingerprint density at radius 3 is 2.09 bits per heavy atom.